The highest BCUT2D eigenvalue weighted by atomic mass is 32.2. The third-order valence-electron chi connectivity index (χ3n) is 4.89. The molecule has 2 saturated heterocycles. The Bertz CT molecular complexity index is 419. The van der Waals surface area contributed by atoms with E-state index in [-0.39, 0.29) is 11.6 Å². The van der Waals surface area contributed by atoms with Crippen LogP contribution >= 0.6 is 0 Å². The van der Waals surface area contributed by atoms with Crippen molar-refractivity contribution in [3.05, 3.63) is 0 Å². The summed E-state index contributed by atoms with van der Waals surface area (Å²) in [5.41, 5.74) is 0.222. The third-order valence-corrected chi connectivity index (χ3v) is 6.70. The van der Waals surface area contributed by atoms with E-state index >= 15 is 0 Å². The van der Waals surface area contributed by atoms with Crippen molar-refractivity contribution in [2.45, 2.75) is 44.2 Å². The first kappa shape index (κ1) is 12.9. The highest BCUT2D eigenvalue weighted by Gasteiger charge is 2.45. The lowest BCUT2D eigenvalue weighted by Gasteiger charge is -2.46. The van der Waals surface area contributed by atoms with Crippen molar-refractivity contribution in [2.24, 2.45) is 5.92 Å². The van der Waals surface area contributed by atoms with Crippen LogP contribution in [0, 0.1) is 5.92 Å². The lowest BCUT2D eigenvalue weighted by Crippen LogP contribution is -2.63. The molecule has 1 N–H and O–H groups in total. The summed E-state index contributed by atoms with van der Waals surface area (Å²) in [6.07, 6.45) is 4.57. The molecule has 0 radical (unpaired) electrons. The number of hydrogen-bond donors (Lipinski definition) is 1. The average Bonchev–Trinajstić information content (AvgIpc) is 3.11. The first-order valence-electron chi connectivity index (χ1n) is 7.18. The molecule has 0 aromatic heterocycles. The van der Waals surface area contributed by atoms with Gasteiger partial charge in [0.1, 0.15) is 0 Å². The predicted octanol–water partition coefficient (Wildman–Crippen LogP) is 0.638. The molecule has 0 amide bonds. The van der Waals surface area contributed by atoms with Crippen LogP contribution in [-0.2, 0) is 9.84 Å². The Morgan fingerprint density at radius 2 is 2.06 bits per heavy atom. The van der Waals surface area contributed by atoms with Crippen molar-refractivity contribution in [1.29, 1.82) is 0 Å². The van der Waals surface area contributed by atoms with E-state index in [0.717, 1.165) is 38.4 Å². The number of piperazine rings is 1. The van der Waals surface area contributed by atoms with E-state index in [4.69, 9.17) is 0 Å². The van der Waals surface area contributed by atoms with E-state index in [9.17, 15) is 8.42 Å². The number of rotatable bonds is 2. The van der Waals surface area contributed by atoms with Crippen LogP contribution in [0.3, 0.4) is 0 Å². The molecule has 2 heterocycles. The Balaban J connectivity index is 1.68. The topological polar surface area (TPSA) is 49.4 Å². The molecular formula is C13H24N2O2S. The fourth-order valence-corrected chi connectivity index (χ4v) is 5.37. The van der Waals surface area contributed by atoms with Crippen LogP contribution in [0.25, 0.3) is 0 Å². The minimum atomic E-state index is -2.79. The van der Waals surface area contributed by atoms with Crippen molar-refractivity contribution < 1.29 is 8.42 Å². The van der Waals surface area contributed by atoms with Crippen LogP contribution in [-0.4, -0.2) is 56.0 Å². The van der Waals surface area contributed by atoms with Gasteiger partial charge in [-0.15, -0.1) is 0 Å². The summed E-state index contributed by atoms with van der Waals surface area (Å²) in [5.74, 6) is 1.59. The average molecular weight is 272 g/mol. The normalized spacial score (nSPS) is 41.7. The zero-order chi connectivity index (χ0) is 12.8. The van der Waals surface area contributed by atoms with Crippen LogP contribution in [0.5, 0.6) is 0 Å². The maximum Gasteiger partial charge on any atom is 0.151 e. The first-order chi connectivity index (χ1) is 8.49. The summed E-state index contributed by atoms with van der Waals surface area (Å²) in [7, 11) is -2.79. The molecule has 1 aliphatic carbocycles. The van der Waals surface area contributed by atoms with Crippen LogP contribution < -0.4 is 5.32 Å². The molecule has 2 unspecified atom stereocenters. The van der Waals surface area contributed by atoms with Crippen LogP contribution in [0.1, 0.15) is 32.6 Å². The summed E-state index contributed by atoms with van der Waals surface area (Å²) in [5, 5.41) is 3.66. The molecule has 5 heteroatoms. The van der Waals surface area contributed by atoms with Gasteiger partial charge in [0, 0.05) is 31.2 Å². The molecule has 104 valence electrons. The molecule has 18 heavy (non-hydrogen) atoms. The van der Waals surface area contributed by atoms with E-state index < -0.39 is 9.84 Å². The van der Waals surface area contributed by atoms with Gasteiger partial charge in [-0.25, -0.2) is 8.42 Å². The van der Waals surface area contributed by atoms with Gasteiger partial charge in [-0.05, 0) is 38.5 Å². The van der Waals surface area contributed by atoms with Gasteiger partial charge in [0.05, 0.1) is 11.5 Å². The first-order valence-corrected chi connectivity index (χ1v) is 9.00. The SMILES string of the molecule is CC1(C2CC2)CN(C2CCCS(=O)(=O)C2)CCN1. The van der Waals surface area contributed by atoms with Gasteiger partial charge in [0.25, 0.3) is 0 Å². The Morgan fingerprint density at radius 3 is 2.72 bits per heavy atom. The highest BCUT2D eigenvalue weighted by molar-refractivity contribution is 7.91. The Kier molecular flexibility index (Phi) is 3.19. The molecule has 0 aromatic rings. The molecule has 2 aliphatic heterocycles. The van der Waals surface area contributed by atoms with Crippen molar-refractivity contribution >= 4 is 9.84 Å². The zero-order valence-corrected chi connectivity index (χ0v) is 12.0. The van der Waals surface area contributed by atoms with Gasteiger partial charge in [-0.1, -0.05) is 0 Å². The second-order valence-corrected chi connectivity index (χ2v) is 8.73. The van der Waals surface area contributed by atoms with E-state index in [1.165, 1.54) is 12.8 Å². The van der Waals surface area contributed by atoms with Gasteiger partial charge in [-0.2, -0.15) is 0 Å². The maximum atomic E-state index is 11.8. The second-order valence-electron chi connectivity index (χ2n) is 6.50. The van der Waals surface area contributed by atoms with Gasteiger partial charge in [0.2, 0.25) is 0 Å². The standard InChI is InChI=1S/C13H24N2O2S/c1-13(11-4-5-11)10-15(7-6-14-13)12-3-2-8-18(16,17)9-12/h11-12,14H,2-10H2,1H3. The quantitative estimate of drug-likeness (QED) is 0.801. The van der Waals surface area contributed by atoms with E-state index in [1.54, 1.807) is 0 Å². The van der Waals surface area contributed by atoms with Crippen LogP contribution in [0.2, 0.25) is 0 Å². The number of nitrogens with zero attached hydrogens (tertiary/aromatic N) is 1. The van der Waals surface area contributed by atoms with Gasteiger partial charge in [0.15, 0.2) is 9.84 Å². The molecule has 3 aliphatic rings. The van der Waals surface area contributed by atoms with E-state index in [2.05, 4.69) is 17.1 Å². The molecule has 2 atom stereocenters. The number of nitrogens with one attached hydrogen (secondary N) is 1. The highest BCUT2D eigenvalue weighted by Crippen LogP contribution is 2.41. The van der Waals surface area contributed by atoms with Crippen molar-refractivity contribution in [3.63, 3.8) is 0 Å². The number of sulfone groups is 1. The second kappa shape index (κ2) is 4.46. The Morgan fingerprint density at radius 1 is 1.28 bits per heavy atom. The maximum absolute atomic E-state index is 11.8. The summed E-state index contributed by atoms with van der Waals surface area (Å²) < 4.78 is 23.5. The summed E-state index contributed by atoms with van der Waals surface area (Å²) in [4.78, 5) is 2.44. The molecule has 3 rings (SSSR count). The predicted molar refractivity (Wildman–Crippen MR) is 72.4 cm³/mol. The van der Waals surface area contributed by atoms with E-state index in [1.807, 2.05) is 0 Å². The third kappa shape index (κ3) is 2.58. The molecule has 4 nitrogen and oxygen atoms in total. The zero-order valence-electron chi connectivity index (χ0n) is 11.2. The summed E-state index contributed by atoms with van der Waals surface area (Å²) in [6.45, 7) is 5.35. The van der Waals surface area contributed by atoms with Crippen molar-refractivity contribution in [3.8, 4) is 0 Å². The molecule has 0 aromatic carbocycles. The van der Waals surface area contributed by atoms with Crippen molar-refractivity contribution in [1.82, 2.24) is 10.2 Å². The van der Waals surface area contributed by atoms with Crippen LogP contribution in [0.15, 0.2) is 0 Å². The summed E-state index contributed by atoms with van der Waals surface area (Å²) in [6, 6.07) is 0.268. The molecule has 3 fully saturated rings. The fraction of sp³-hybridized carbons (Fsp3) is 1.00. The largest absolute Gasteiger partial charge is 0.309 e. The molecule has 0 spiro atoms. The Hall–Kier alpha value is -0.130. The molecular weight excluding hydrogens is 248 g/mol. The van der Waals surface area contributed by atoms with Crippen molar-refractivity contribution in [2.75, 3.05) is 31.1 Å². The minimum Gasteiger partial charge on any atom is -0.309 e. The monoisotopic (exact) mass is 272 g/mol. The fourth-order valence-electron chi connectivity index (χ4n) is 3.63. The van der Waals surface area contributed by atoms with Gasteiger partial charge in [-0.3, -0.25) is 4.90 Å². The van der Waals surface area contributed by atoms with Crippen LogP contribution in [0.4, 0.5) is 0 Å². The smallest absolute Gasteiger partial charge is 0.151 e. The minimum absolute atomic E-state index is 0.222. The van der Waals surface area contributed by atoms with Gasteiger partial charge >= 0.3 is 0 Å². The summed E-state index contributed by atoms with van der Waals surface area (Å²) >= 11 is 0. The lowest BCUT2D eigenvalue weighted by molar-refractivity contribution is 0.0904. The lowest BCUT2D eigenvalue weighted by atomic mass is 9.92. The van der Waals surface area contributed by atoms with Gasteiger partial charge < -0.3 is 5.32 Å². The molecule has 1 saturated carbocycles. The molecule has 0 bridgehead atoms. The van der Waals surface area contributed by atoms with E-state index in [0.29, 0.717) is 11.5 Å². The Labute approximate surface area is 110 Å². The number of hydrogen-bond acceptors (Lipinski definition) is 4.